The summed E-state index contributed by atoms with van der Waals surface area (Å²) in [7, 11) is 1.68. The van der Waals surface area contributed by atoms with Crippen molar-refractivity contribution in [1.29, 1.82) is 0 Å². The largest absolute Gasteiger partial charge is 0.452 e. The second kappa shape index (κ2) is 9.97. The molecule has 0 unspecified atom stereocenters. The van der Waals surface area contributed by atoms with Crippen LogP contribution in [0.25, 0.3) is 0 Å². The van der Waals surface area contributed by atoms with Crippen molar-refractivity contribution in [2.75, 3.05) is 33.5 Å². The highest BCUT2D eigenvalue weighted by Gasteiger charge is 2.04. The van der Waals surface area contributed by atoms with Crippen molar-refractivity contribution in [3.8, 4) is 0 Å². The topological polar surface area (TPSA) is 43.6 Å². The molecule has 4 nitrogen and oxygen atoms in total. The Morgan fingerprint density at radius 1 is 1.22 bits per heavy atom. The average Bonchev–Trinajstić information content (AvgIpc) is 2.67. The number of furan rings is 1. The lowest BCUT2D eigenvalue weighted by atomic mass is 10.3. The van der Waals surface area contributed by atoms with E-state index in [1.807, 2.05) is 6.07 Å². The summed E-state index contributed by atoms with van der Waals surface area (Å²) >= 11 is 6.70. The summed E-state index contributed by atoms with van der Waals surface area (Å²) in [6.07, 6.45) is 2.15. The van der Waals surface area contributed by atoms with E-state index in [-0.39, 0.29) is 0 Å². The Bertz CT molecular complexity index is 312. The van der Waals surface area contributed by atoms with Crippen LogP contribution in [0.3, 0.4) is 0 Å². The molecule has 1 aromatic rings. The minimum absolute atomic E-state index is 0.667. The Morgan fingerprint density at radius 3 is 2.72 bits per heavy atom. The Morgan fingerprint density at radius 2 is 2.06 bits per heavy atom. The minimum atomic E-state index is 0.667. The summed E-state index contributed by atoms with van der Waals surface area (Å²) in [4.78, 5) is 0. The van der Waals surface area contributed by atoms with Crippen LogP contribution in [0.1, 0.15) is 18.6 Å². The van der Waals surface area contributed by atoms with Crippen LogP contribution in [0.5, 0.6) is 0 Å². The molecule has 104 valence electrons. The molecule has 0 aliphatic rings. The molecule has 18 heavy (non-hydrogen) atoms. The third-order valence-corrected chi connectivity index (χ3v) is 4.03. The van der Waals surface area contributed by atoms with Crippen LogP contribution in [0.15, 0.2) is 19.6 Å². The summed E-state index contributed by atoms with van der Waals surface area (Å²) in [6.45, 7) is 3.85. The summed E-state index contributed by atoms with van der Waals surface area (Å²) in [5.74, 6) is 0.921. The number of hydrogen-bond donors (Lipinski definition) is 1. The molecule has 0 spiro atoms. The fourth-order valence-electron chi connectivity index (χ4n) is 1.39. The standard InChI is InChI=1S/C12H19Br2NO3/c1-16-6-7-17-5-3-2-4-15-9-10-8-11(13)12(14)18-10/h8,15H,2-7,9H2,1H3. The van der Waals surface area contributed by atoms with Crippen molar-refractivity contribution in [2.45, 2.75) is 19.4 Å². The van der Waals surface area contributed by atoms with E-state index in [0.29, 0.717) is 13.2 Å². The number of halogens is 2. The molecule has 0 atom stereocenters. The van der Waals surface area contributed by atoms with Gasteiger partial charge in [-0.2, -0.15) is 0 Å². The Balaban J connectivity index is 1.92. The molecule has 1 heterocycles. The van der Waals surface area contributed by atoms with Gasteiger partial charge in [-0.15, -0.1) is 0 Å². The molecule has 0 radical (unpaired) electrons. The number of ether oxygens (including phenoxy) is 2. The van der Waals surface area contributed by atoms with Gasteiger partial charge in [0.1, 0.15) is 5.76 Å². The quantitative estimate of drug-likeness (QED) is 0.628. The number of hydrogen-bond acceptors (Lipinski definition) is 4. The third kappa shape index (κ3) is 6.89. The van der Waals surface area contributed by atoms with Crippen LogP contribution >= 0.6 is 31.9 Å². The van der Waals surface area contributed by atoms with Gasteiger partial charge in [0.05, 0.1) is 24.2 Å². The zero-order valence-electron chi connectivity index (χ0n) is 10.5. The molecule has 0 aliphatic heterocycles. The summed E-state index contributed by atoms with van der Waals surface area (Å²) < 4.78 is 17.4. The Kier molecular flexibility index (Phi) is 8.96. The smallest absolute Gasteiger partial charge is 0.183 e. The molecular formula is C12H19Br2NO3. The van der Waals surface area contributed by atoms with Crippen LogP contribution in [-0.2, 0) is 16.0 Å². The van der Waals surface area contributed by atoms with Gasteiger partial charge in [-0.1, -0.05) is 0 Å². The number of nitrogens with one attached hydrogen (secondary N) is 1. The highest BCUT2D eigenvalue weighted by molar-refractivity contribution is 9.13. The van der Waals surface area contributed by atoms with Crippen molar-refractivity contribution in [3.05, 3.63) is 21.0 Å². The molecule has 0 bridgehead atoms. The van der Waals surface area contributed by atoms with Gasteiger partial charge in [0.25, 0.3) is 0 Å². The van der Waals surface area contributed by atoms with Crippen molar-refractivity contribution >= 4 is 31.9 Å². The van der Waals surface area contributed by atoms with Crippen molar-refractivity contribution in [2.24, 2.45) is 0 Å². The first-order valence-electron chi connectivity index (χ1n) is 5.95. The van der Waals surface area contributed by atoms with Crippen LogP contribution < -0.4 is 5.32 Å². The van der Waals surface area contributed by atoms with Gasteiger partial charge in [0.2, 0.25) is 0 Å². The van der Waals surface area contributed by atoms with Gasteiger partial charge in [-0.3, -0.25) is 0 Å². The normalized spacial score (nSPS) is 11.1. The number of unbranched alkanes of at least 4 members (excludes halogenated alkanes) is 1. The van der Waals surface area contributed by atoms with E-state index in [1.54, 1.807) is 7.11 Å². The van der Waals surface area contributed by atoms with E-state index in [2.05, 4.69) is 37.2 Å². The molecule has 6 heteroatoms. The van der Waals surface area contributed by atoms with Gasteiger partial charge < -0.3 is 19.2 Å². The molecule has 0 saturated carbocycles. The predicted octanol–water partition coefficient (Wildman–Crippen LogP) is 3.34. The van der Waals surface area contributed by atoms with E-state index in [9.17, 15) is 0 Å². The first-order chi connectivity index (χ1) is 8.74. The third-order valence-electron chi connectivity index (χ3n) is 2.32. The Hall–Kier alpha value is 0.120. The second-order valence-corrected chi connectivity index (χ2v) is 5.40. The zero-order chi connectivity index (χ0) is 13.2. The van der Waals surface area contributed by atoms with Gasteiger partial charge in [0.15, 0.2) is 4.67 Å². The SMILES string of the molecule is COCCOCCCCNCc1cc(Br)c(Br)o1. The van der Waals surface area contributed by atoms with E-state index in [0.717, 1.165) is 47.4 Å². The molecule has 0 aromatic carbocycles. The molecular weight excluding hydrogens is 366 g/mol. The van der Waals surface area contributed by atoms with E-state index >= 15 is 0 Å². The first kappa shape index (κ1) is 16.2. The Labute approximate surface area is 125 Å². The lowest BCUT2D eigenvalue weighted by Gasteiger charge is -2.04. The fraction of sp³-hybridized carbons (Fsp3) is 0.667. The molecule has 0 amide bonds. The summed E-state index contributed by atoms with van der Waals surface area (Å²) in [5, 5.41) is 3.33. The minimum Gasteiger partial charge on any atom is -0.452 e. The number of rotatable bonds is 10. The fourth-order valence-corrected chi connectivity index (χ4v) is 2.05. The lowest BCUT2D eigenvalue weighted by molar-refractivity contribution is 0.0688. The average molecular weight is 385 g/mol. The number of methoxy groups -OCH3 is 1. The molecule has 1 aromatic heterocycles. The summed E-state index contributed by atoms with van der Waals surface area (Å²) in [6, 6.07) is 1.96. The molecule has 0 aliphatic carbocycles. The maximum atomic E-state index is 5.45. The second-order valence-electron chi connectivity index (χ2n) is 3.82. The molecule has 1 rings (SSSR count). The maximum absolute atomic E-state index is 5.45. The lowest BCUT2D eigenvalue weighted by Crippen LogP contribution is -2.15. The van der Waals surface area contributed by atoms with Crippen molar-refractivity contribution in [3.63, 3.8) is 0 Å². The van der Waals surface area contributed by atoms with Gasteiger partial charge in [-0.25, -0.2) is 0 Å². The van der Waals surface area contributed by atoms with Gasteiger partial charge >= 0.3 is 0 Å². The predicted molar refractivity (Wildman–Crippen MR) is 77.7 cm³/mol. The monoisotopic (exact) mass is 383 g/mol. The molecule has 0 saturated heterocycles. The first-order valence-corrected chi connectivity index (χ1v) is 7.53. The highest BCUT2D eigenvalue weighted by Crippen LogP contribution is 2.26. The van der Waals surface area contributed by atoms with Crippen molar-refractivity contribution in [1.82, 2.24) is 5.32 Å². The van der Waals surface area contributed by atoms with Crippen LogP contribution in [-0.4, -0.2) is 33.5 Å². The zero-order valence-corrected chi connectivity index (χ0v) is 13.7. The van der Waals surface area contributed by atoms with Gasteiger partial charge in [-0.05, 0) is 57.3 Å². The maximum Gasteiger partial charge on any atom is 0.183 e. The van der Waals surface area contributed by atoms with Crippen molar-refractivity contribution < 1.29 is 13.9 Å². The van der Waals surface area contributed by atoms with Crippen LogP contribution in [0.4, 0.5) is 0 Å². The molecule has 1 N–H and O–H groups in total. The summed E-state index contributed by atoms with van der Waals surface area (Å²) in [5.41, 5.74) is 0. The van der Waals surface area contributed by atoms with E-state index < -0.39 is 0 Å². The van der Waals surface area contributed by atoms with E-state index in [1.165, 1.54) is 0 Å². The highest BCUT2D eigenvalue weighted by atomic mass is 79.9. The molecule has 0 fully saturated rings. The van der Waals surface area contributed by atoms with Gasteiger partial charge in [0, 0.05) is 13.7 Å². The van der Waals surface area contributed by atoms with Crippen LogP contribution in [0.2, 0.25) is 0 Å². The van der Waals surface area contributed by atoms with E-state index in [4.69, 9.17) is 13.9 Å². The van der Waals surface area contributed by atoms with Crippen LogP contribution in [0, 0.1) is 0 Å².